The molecule has 2 aromatic carbocycles. The van der Waals surface area contributed by atoms with E-state index >= 15 is 0 Å². The van der Waals surface area contributed by atoms with Crippen LogP contribution >= 0.6 is 0 Å². The van der Waals surface area contributed by atoms with Gasteiger partial charge in [-0.2, -0.15) is 5.10 Å². The summed E-state index contributed by atoms with van der Waals surface area (Å²) in [4.78, 5) is 31.4. The van der Waals surface area contributed by atoms with Crippen molar-refractivity contribution in [3.05, 3.63) is 102 Å². The summed E-state index contributed by atoms with van der Waals surface area (Å²) >= 11 is 0. The average molecular weight is 536 g/mol. The molecule has 6 rings (SSSR count). The summed E-state index contributed by atoms with van der Waals surface area (Å²) in [5, 5.41) is 8.23. The van der Waals surface area contributed by atoms with E-state index in [1.807, 2.05) is 54.6 Å². The first-order chi connectivity index (χ1) is 19.4. The van der Waals surface area contributed by atoms with Crippen molar-refractivity contribution in [3.8, 4) is 5.75 Å². The van der Waals surface area contributed by atoms with E-state index in [1.54, 1.807) is 29.2 Å². The minimum Gasteiger partial charge on any atom is -0.493 e. The molecule has 1 fully saturated rings. The van der Waals surface area contributed by atoms with Gasteiger partial charge in [0.25, 0.3) is 5.91 Å². The highest BCUT2D eigenvalue weighted by atomic mass is 16.5. The average Bonchev–Trinajstić information content (AvgIpc) is 3.32. The van der Waals surface area contributed by atoms with Gasteiger partial charge in [0.15, 0.2) is 5.78 Å². The van der Waals surface area contributed by atoms with Crippen LogP contribution in [-0.4, -0.2) is 58.6 Å². The number of carbonyl (C=O) groups excluding carboxylic acids is 2. The normalized spacial score (nSPS) is 16.1. The number of Topliss-reactive ketones (excluding diaryl/α,β-unsaturated/α-hetero) is 1. The number of benzene rings is 2. The van der Waals surface area contributed by atoms with Gasteiger partial charge < -0.3 is 19.9 Å². The highest BCUT2D eigenvalue weighted by Gasteiger charge is 2.43. The van der Waals surface area contributed by atoms with Crippen LogP contribution in [0, 0.1) is 5.41 Å². The fourth-order valence-corrected chi connectivity index (χ4v) is 5.24. The van der Waals surface area contributed by atoms with Gasteiger partial charge >= 0.3 is 0 Å². The first-order valence-corrected chi connectivity index (χ1v) is 13.6. The zero-order valence-corrected chi connectivity index (χ0v) is 22.8. The second-order valence-electron chi connectivity index (χ2n) is 11.2. The first kappa shape index (κ1) is 25.8. The Bertz CT molecular complexity index is 1620. The minimum absolute atomic E-state index is 0.00364. The van der Waals surface area contributed by atoms with Gasteiger partial charge in [0.1, 0.15) is 5.75 Å². The van der Waals surface area contributed by atoms with Crippen molar-refractivity contribution in [2.45, 2.75) is 25.8 Å². The Balaban J connectivity index is 1.13. The van der Waals surface area contributed by atoms with Crippen molar-refractivity contribution in [1.82, 2.24) is 25.0 Å². The number of amides is 1. The summed E-state index contributed by atoms with van der Waals surface area (Å²) in [6.45, 7) is 2.32. The summed E-state index contributed by atoms with van der Waals surface area (Å²) in [7, 11) is 4.20. The van der Waals surface area contributed by atoms with Crippen LogP contribution in [0.15, 0.2) is 84.8 Å². The molecule has 0 atom stereocenters. The third-order valence-electron chi connectivity index (χ3n) is 7.48. The van der Waals surface area contributed by atoms with Crippen LogP contribution in [0.25, 0.3) is 16.5 Å². The maximum Gasteiger partial charge on any atom is 0.258 e. The van der Waals surface area contributed by atoms with E-state index in [-0.39, 0.29) is 23.5 Å². The fraction of sp³-hybridized carbons (Fsp3) is 0.281. The summed E-state index contributed by atoms with van der Waals surface area (Å²) in [6.07, 6.45) is 9.37. The lowest BCUT2D eigenvalue weighted by Gasteiger charge is -2.20. The van der Waals surface area contributed by atoms with E-state index in [4.69, 9.17) is 4.74 Å². The SMILES string of the molecule is CN(C)CC1(COc2ccc3[nH]c(C4=CC(NC(=O)c5cnn(Cc6ccccc6)c5)=CCC4=O)cc3c2)CC1. The van der Waals surface area contributed by atoms with Crippen LogP contribution in [0.5, 0.6) is 5.75 Å². The molecule has 40 heavy (non-hydrogen) atoms. The molecule has 2 heterocycles. The molecule has 2 aliphatic rings. The summed E-state index contributed by atoms with van der Waals surface area (Å²) < 4.78 is 7.91. The van der Waals surface area contributed by atoms with Gasteiger partial charge in [-0.25, -0.2) is 0 Å². The van der Waals surface area contributed by atoms with Crippen molar-refractivity contribution in [3.63, 3.8) is 0 Å². The fourth-order valence-electron chi connectivity index (χ4n) is 5.24. The number of aromatic nitrogens is 3. The third-order valence-corrected chi connectivity index (χ3v) is 7.48. The van der Waals surface area contributed by atoms with E-state index in [2.05, 4.69) is 34.4 Å². The third kappa shape index (κ3) is 5.77. The topological polar surface area (TPSA) is 92.2 Å². The maximum atomic E-state index is 12.9. The Kier molecular flexibility index (Phi) is 6.86. The molecule has 4 aromatic rings. The molecular weight excluding hydrogens is 502 g/mol. The predicted octanol–water partition coefficient (Wildman–Crippen LogP) is 4.80. The number of aromatic amines is 1. The van der Waals surface area contributed by atoms with Crippen molar-refractivity contribution in [2.75, 3.05) is 27.2 Å². The zero-order chi connectivity index (χ0) is 27.7. The van der Waals surface area contributed by atoms with Crippen molar-refractivity contribution in [2.24, 2.45) is 5.41 Å². The number of rotatable bonds is 10. The minimum atomic E-state index is -0.267. The number of fused-ring (bicyclic) bond motifs is 1. The number of ketones is 1. The van der Waals surface area contributed by atoms with Crippen molar-refractivity contribution in [1.29, 1.82) is 0 Å². The van der Waals surface area contributed by atoms with E-state index in [0.29, 0.717) is 30.0 Å². The number of nitrogens with one attached hydrogen (secondary N) is 2. The Morgan fingerprint density at radius 3 is 2.75 bits per heavy atom. The lowest BCUT2D eigenvalue weighted by molar-refractivity contribution is -0.113. The highest BCUT2D eigenvalue weighted by Crippen LogP contribution is 2.46. The monoisotopic (exact) mass is 535 g/mol. The van der Waals surface area contributed by atoms with Crippen molar-refractivity contribution >= 4 is 28.2 Å². The molecule has 0 saturated heterocycles. The van der Waals surface area contributed by atoms with Gasteiger partial charge in [0, 0.05) is 46.8 Å². The quantitative estimate of drug-likeness (QED) is 0.304. The number of H-pyrrole nitrogens is 1. The molecule has 204 valence electrons. The molecule has 0 spiro atoms. The maximum absolute atomic E-state index is 12.9. The second-order valence-corrected chi connectivity index (χ2v) is 11.2. The summed E-state index contributed by atoms with van der Waals surface area (Å²) in [5.74, 6) is 0.556. The van der Waals surface area contributed by atoms with Crippen LogP contribution in [0.3, 0.4) is 0 Å². The summed E-state index contributed by atoms with van der Waals surface area (Å²) in [6, 6.07) is 17.9. The largest absolute Gasteiger partial charge is 0.493 e. The second kappa shape index (κ2) is 10.6. The van der Waals surface area contributed by atoms with Gasteiger partial charge in [0.2, 0.25) is 0 Å². The van der Waals surface area contributed by atoms with E-state index in [1.165, 1.54) is 12.8 Å². The standard InChI is InChI=1S/C32H33N5O3/c1-36(2)20-32(12-13-32)21-40-26-9-10-28-23(14-26)15-29(35-28)27-16-25(8-11-30(27)38)34-31(39)24-17-33-37(19-24)18-22-6-4-3-5-7-22/h3-10,14-17,19,35H,11-13,18,20-21H2,1-2H3,(H,34,39). The molecule has 8 heteroatoms. The Morgan fingerprint density at radius 2 is 1.98 bits per heavy atom. The van der Waals surface area contributed by atoms with Crippen LogP contribution in [-0.2, 0) is 11.3 Å². The van der Waals surface area contributed by atoms with E-state index in [0.717, 1.165) is 34.5 Å². The molecule has 2 N–H and O–H groups in total. The number of hydrogen-bond acceptors (Lipinski definition) is 5. The van der Waals surface area contributed by atoms with E-state index < -0.39 is 0 Å². The Morgan fingerprint density at radius 1 is 1.15 bits per heavy atom. The molecular formula is C32H33N5O3. The molecule has 2 aliphatic carbocycles. The number of ether oxygens (including phenoxy) is 1. The first-order valence-electron chi connectivity index (χ1n) is 13.6. The molecule has 0 unspecified atom stereocenters. The molecule has 8 nitrogen and oxygen atoms in total. The zero-order valence-electron chi connectivity index (χ0n) is 22.8. The van der Waals surface area contributed by atoms with Gasteiger partial charge in [0.05, 0.1) is 30.6 Å². The predicted molar refractivity (Wildman–Crippen MR) is 155 cm³/mol. The number of allylic oxidation sites excluding steroid dienone is 3. The highest BCUT2D eigenvalue weighted by molar-refractivity contribution is 6.23. The van der Waals surface area contributed by atoms with Crippen LogP contribution in [0.1, 0.15) is 40.9 Å². The van der Waals surface area contributed by atoms with Crippen LogP contribution in [0.2, 0.25) is 0 Å². The molecule has 2 aromatic heterocycles. The Labute approximate surface area is 233 Å². The number of nitrogens with zero attached hydrogens (tertiary/aromatic N) is 3. The van der Waals surface area contributed by atoms with Gasteiger partial charge in [-0.15, -0.1) is 0 Å². The van der Waals surface area contributed by atoms with Crippen molar-refractivity contribution < 1.29 is 14.3 Å². The van der Waals surface area contributed by atoms with Crippen LogP contribution in [0.4, 0.5) is 0 Å². The van der Waals surface area contributed by atoms with Gasteiger partial charge in [-0.05, 0) is 62.8 Å². The molecule has 0 bridgehead atoms. The molecule has 1 amide bonds. The van der Waals surface area contributed by atoms with Crippen LogP contribution < -0.4 is 10.1 Å². The van der Waals surface area contributed by atoms with E-state index in [9.17, 15) is 9.59 Å². The van der Waals surface area contributed by atoms with Gasteiger partial charge in [-0.1, -0.05) is 36.4 Å². The molecule has 0 radical (unpaired) electrons. The molecule has 0 aliphatic heterocycles. The molecule has 1 saturated carbocycles. The smallest absolute Gasteiger partial charge is 0.258 e. The lowest BCUT2D eigenvalue weighted by atomic mass is 9.98. The number of carbonyl (C=O) groups is 2. The lowest BCUT2D eigenvalue weighted by Crippen LogP contribution is -2.27. The number of hydrogen-bond donors (Lipinski definition) is 2. The summed E-state index contributed by atoms with van der Waals surface area (Å²) in [5.41, 5.74) is 4.60. The Hall–Kier alpha value is -4.43. The van der Waals surface area contributed by atoms with Gasteiger partial charge in [-0.3, -0.25) is 14.3 Å².